The molecule has 14 heavy (non-hydrogen) atoms. The fourth-order valence-corrected chi connectivity index (χ4v) is 0.587. The summed E-state index contributed by atoms with van der Waals surface area (Å²) in [5.74, 6) is 0. The van der Waals surface area contributed by atoms with Crippen molar-refractivity contribution in [2.75, 3.05) is 6.61 Å². The molecular weight excluding hydrogens is 204 g/mol. The maximum absolute atomic E-state index is 9.18. The summed E-state index contributed by atoms with van der Waals surface area (Å²) in [4.78, 5) is 13.2. The van der Waals surface area contributed by atoms with Crippen molar-refractivity contribution in [3.8, 4) is 0 Å². The Hall–Kier alpha value is -1.13. The van der Waals surface area contributed by atoms with Gasteiger partial charge in [0, 0.05) is 12.7 Å². The first kappa shape index (κ1) is 15.3. The van der Waals surface area contributed by atoms with Gasteiger partial charge in [0.05, 0.1) is 12.3 Å². The third kappa shape index (κ3) is 8.96. The number of nitrogens with two attached hydrogens (primary N) is 1. The average molecular weight is 219 g/mol. The van der Waals surface area contributed by atoms with Crippen LogP contribution >= 0.6 is 12.4 Å². The standard InChI is InChI=1S/C6H8N2.C3H6O2.ClH/c7-5-6-3-1-2-4-8-6;1-2-5-3-4;/h1-4H,5,7H2;3H,2H2,1H3;1H. The third-order valence-electron chi connectivity index (χ3n) is 1.17. The number of hydrogen-bond donors (Lipinski definition) is 1. The van der Waals surface area contributed by atoms with Gasteiger partial charge in [-0.05, 0) is 19.1 Å². The lowest BCUT2D eigenvalue weighted by Gasteiger charge is -1.89. The zero-order chi connectivity index (χ0) is 9.94. The molecule has 0 bridgehead atoms. The van der Waals surface area contributed by atoms with E-state index in [0.717, 1.165) is 5.69 Å². The molecule has 0 fully saturated rings. The summed E-state index contributed by atoms with van der Waals surface area (Å²) in [7, 11) is 0. The van der Waals surface area contributed by atoms with E-state index in [1.54, 1.807) is 13.1 Å². The number of carbonyl (C=O) groups is 1. The van der Waals surface area contributed by atoms with Crippen molar-refractivity contribution >= 4 is 18.9 Å². The Morgan fingerprint density at radius 3 is 2.50 bits per heavy atom. The van der Waals surface area contributed by atoms with Crippen molar-refractivity contribution in [3.63, 3.8) is 0 Å². The van der Waals surface area contributed by atoms with Gasteiger partial charge in [0.2, 0.25) is 0 Å². The number of pyridine rings is 1. The molecule has 0 aliphatic rings. The number of hydrogen-bond acceptors (Lipinski definition) is 4. The maximum Gasteiger partial charge on any atom is 0.293 e. The van der Waals surface area contributed by atoms with Crippen LogP contribution in [-0.2, 0) is 16.1 Å². The van der Waals surface area contributed by atoms with E-state index in [9.17, 15) is 4.79 Å². The number of halogens is 1. The van der Waals surface area contributed by atoms with E-state index in [4.69, 9.17) is 5.73 Å². The molecule has 1 heterocycles. The lowest BCUT2D eigenvalue weighted by atomic mass is 10.4. The zero-order valence-corrected chi connectivity index (χ0v) is 8.87. The van der Waals surface area contributed by atoms with Crippen LogP contribution in [0.15, 0.2) is 24.4 Å². The second-order valence-electron chi connectivity index (χ2n) is 2.08. The first-order chi connectivity index (χ1) is 6.35. The van der Waals surface area contributed by atoms with Crippen molar-refractivity contribution in [2.45, 2.75) is 13.5 Å². The van der Waals surface area contributed by atoms with Gasteiger partial charge in [-0.2, -0.15) is 0 Å². The fourth-order valence-electron chi connectivity index (χ4n) is 0.587. The predicted octanol–water partition coefficient (Wildman–Crippen LogP) is 1.14. The van der Waals surface area contributed by atoms with E-state index in [1.807, 2.05) is 18.2 Å². The van der Waals surface area contributed by atoms with Crippen LogP contribution in [-0.4, -0.2) is 18.1 Å². The Bertz CT molecular complexity index is 219. The molecule has 4 nitrogen and oxygen atoms in total. The van der Waals surface area contributed by atoms with Crippen LogP contribution in [0.4, 0.5) is 0 Å². The van der Waals surface area contributed by atoms with Crippen molar-refractivity contribution < 1.29 is 9.53 Å². The van der Waals surface area contributed by atoms with Gasteiger partial charge >= 0.3 is 0 Å². The highest BCUT2D eigenvalue weighted by molar-refractivity contribution is 5.85. The summed E-state index contributed by atoms with van der Waals surface area (Å²) >= 11 is 0. The van der Waals surface area contributed by atoms with Crippen LogP contribution in [0.25, 0.3) is 0 Å². The number of aromatic nitrogens is 1. The molecule has 0 unspecified atom stereocenters. The highest BCUT2D eigenvalue weighted by Crippen LogP contribution is 1.88. The second-order valence-corrected chi connectivity index (χ2v) is 2.08. The summed E-state index contributed by atoms with van der Waals surface area (Å²) in [6.07, 6.45) is 1.74. The first-order valence-electron chi connectivity index (χ1n) is 4.00. The van der Waals surface area contributed by atoms with Crippen molar-refractivity contribution in [1.29, 1.82) is 0 Å². The number of carbonyl (C=O) groups excluding carboxylic acids is 1. The minimum absolute atomic E-state index is 0. The molecule has 0 aliphatic carbocycles. The normalized spacial score (nSPS) is 7.57. The molecule has 0 atom stereocenters. The van der Waals surface area contributed by atoms with Crippen molar-refractivity contribution in [1.82, 2.24) is 4.98 Å². The minimum atomic E-state index is 0. The molecule has 2 N–H and O–H groups in total. The van der Waals surface area contributed by atoms with Crippen molar-refractivity contribution in [3.05, 3.63) is 30.1 Å². The summed E-state index contributed by atoms with van der Waals surface area (Å²) in [6, 6.07) is 5.70. The lowest BCUT2D eigenvalue weighted by molar-refractivity contribution is -0.128. The van der Waals surface area contributed by atoms with Gasteiger partial charge in [-0.25, -0.2) is 0 Å². The van der Waals surface area contributed by atoms with Gasteiger partial charge in [-0.15, -0.1) is 12.4 Å². The molecule has 5 heteroatoms. The van der Waals surface area contributed by atoms with E-state index in [0.29, 0.717) is 19.6 Å². The highest BCUT2D eigenvalue weighted by Gasteiger charge is 1.81. The predicted molar refractivity (Wildman–Crippen MR) is 57.1 cm³/mol. The van der Waals surface area contributed by atoms with Crippen molar-refractivity contribution in [2.24, 2.45) is 5.73 Å². The van der Waals surface area contributed by atoms with E-state index < -0.39 is 0 Å². The Morgan fingerprint density at radius 1 is 1.57 bits per heavy atom. The molecule has 0 spiro atoms. The van der Waals surface area contributed by atoms with Crippen LogP contribution in [0.1, 0.15) is 12.6 Å². The molecule has 0 saturated heterocycles. The molecule has 0 radical (unpaired) electrons. The molecule has 1 aromatic rings. The minimum Gasteiger partial charge on any atom is -0.468 e. The molecular formula is C9H15ClN2O2. The Morgan fingerprint density at radius 2 is 2.29 bits per heavy atom. The van der Waals surface area contributed by atoms with E-state index in [-0.39, 0.29) is 12.4 Å². The Balaban J connectivity index is 0. The van der Waals surface area contributed by atoms with Gasteiger partial charge in [0.25, 0.3) is 6.47 Å². The number of rotatable bonds is 3. The smallest absolute Gasteiger partial charge is 0.293 e. The van der Waals surface area contributed by atoms with Crippen LogP contribution < -0.4 is 5.73 Å². The zero-order valence-electron chi connectivity index (χ0n) is 8.05. The lowest BCUT2D eigenvalue weighted by Crippen LogP contribution is -1.97. The SMILES string of the molecule is CCOC=O.Cl.NCc1ccccn1. The third-order valence-corrected chi connectivity index (χ3v) is 1.17. The van der Waals surface area contributed by atoms with E-state index in [2.05, 4.69) is 9.72 Å². The molecule has 0 aliphatic heterocycles. The van der Waals surface area contributed by atoms with E-state index >= 15 is 0 Å². The Labute approximate surface area is 89.9 Å². The first-order valence-corrected chi connectivity index (χ1v) is 4.00. The summed E-state index contributed by atoms with van der Waals surface area (Å²) in [5, 5.41) is 0. The van der Waals surface area contributed by atoms with E-state index in [1.165, 1.54) is 0 Å². The van der Waals surface area contributed by atoms with Crippen LogP contribution in [0.3, 0.4) is 0 Å². The Kier molecular flexibility index (Phi) is 13.0. The van der Waals surface area contributed by atoms with Gasteiger partial charge in [0.1, 0.15) is 0 Å². The van der Waals surface area contributed by atoms with Gasteiger partial charge in [-0.3, -0.25) is 9.78 Å². The fraction of sp³-hybridized carbons (Fsp3) is 0.333. The molecule has 1 rings (SSSR count). The molecule has 0 saturated carbocycles. The molecule has 1 aromatic heterocycles. The number of nitrogens with zero attached hydrogens (tertiary/aromatic N) is 1. The van der Waals surface area contributed by atoms with Gasteiger partial charge in [-0.1, -0.05) is 6.07 Å². The second kappa shape index (κ2) is 11.9. The molecule has 0 aromatic carbocycles. The summed E-state index contributed by atoms with van der Waals surface area (Å²) < 4.78 is 4.15. The quantitative estimate of drug-likeness (QED) is 0.773. The topological polar surface area (TPSA) is 65.2 Å². The van der Waals surface area contributed by atoms with Crippen LogP contribution in [0, 0.1) is 0 Å². The highest BCUT2D eigenvalue weighted by atomic mass is 35.5. The summed E-state index contributed by atoms with van der Waals surface area (Å²) in [6.45, 7) is 3.19. The van der Waals surface area contributed by atoms with Crippen LogP contribution in [0.2, 0.25) is 0 Å². The van der Waals surface area contributed by atoms with Crippen LogP contribution in [0.5, 0.6) is 0 Å². The molecule has 0 amide bonds. The monoisotopic (exact) mass is 218 g/mol. The largest absolute Gasteiger partial charge is 0.468 e. The maximum atomic E-state index is 9.18. The summed E-state index contributed by atoms with van der Waals surface area (Å²) in [5.41, 5.74) is 6.22. The average Bonchev–Trinajstić information content (AvgIpc) is 2.21. The molecule has 80 valence electrons. The van der Waals surface area contributed by atoms with Gasteiger partial charge < -0.3 is 10.5 Å². The van der Waals surface area contributed by atoms with Gasteiger partial charge in [0.15, 0.2) is 0 Å². The number of ether oxygens (including phenoxy) is 1.